The minimum absolute atomic E-state index is 0.0129. The molecule has 0 atom stereocenters. The first kappa shape index (κ1) is 18.2. The maximum Gasteiger partial charge on any atom is 0.257 e. The smallest absolute Gasteiger partial charge is 0.257 e. The van der Waals surface area contributed by atoms with Gasteiger partial charge < -0.3 is 15.5 Å². The number of hydrogen-bond donors (Lipinski definition) is 2. The minimum atomic E-state index is -0.192. The van der Waals surface area contributed by atoms with Crippen molar-refractivity contribution in [2.75, 3.05) is 29.9 Å². The molecule has 0 aromatic carbocycles. The molecule has 0 bridgehead atoms. The van der Waals surface area contributed by atoms with E-state index in [1.54, 1.807) is 18.5 Å². The van der Waals surface area contributed by atoms with Crippen molar-refractivity contribution in [2.45, 2.75) is 13.8 Å². The van der Waals surface area contributed by atoms with Gasteiger partial charge in [0.05, 0.1) is 24.0 Å². The summed E-state index contributed by atoms with van der Waals surface area (Å²) in [6.07, 6.45) is 3.36. The van der Waals surface area contributed by atoms with Crippen molar-refractivity contribution >= 4 is 34.7 Å². The number of carbonyl (C=O) groups is 2. The van der Waals surface area contributed by atoms with Crippen LogP contribution in [-0.2, 0) is 4.79 Å². The standard InChI is InChI=1S/C19H20N6O2S/c1-12-9-15(13(2)25(12)19-21-6-8-28-19)18(27)23-14-3-4-16(22-10-14)24-7-5-20-17(26)11-24/h3-4,6,8-10H,5,7,11H2,1-2H3,(H,20,26)(H,23,27). The molecule has 2 amide bonds. The maximum atomic E-state index is 12.8. The maximum absolute atomic E-state index is 12.8. The van der Waals surface area contributed by atoms with Gasteiger partial charge in [0.25, 0.3) is 5.91 Å². The highest BCUT2D eigenvalue weighted by molar-refractivity contribution is 7.12. The molecule has 0 radical (unpaired) electrons. The predicted molar refractivity (Wildman–Crippen MR) is 108 cm³/mol. The summed E-state index contributed by atoms with van der Waals surface area (Å²) in [5, 5.41) is 8.43. The Morgan fingerprint density at radius 2 is 2.14 bits per heavy atom. The quantitative estimate of drug-likeness (QED) is 0.705. The number of rotatable bonds is 4. The zero-order valence-corrected chi connectivity index (χ0v) is 16.4. The Morgan fingerprint density at radius 3 is 2.82 bits per heavy atom. The first-order valence-electron chi connectivity index (χ1n) is 8.91. The molecule has 4 heterocycles. The molecule has 0 saturated carbocycles. The van der Waals surface area contributed by atoms with Crippen molar-refractivity contribution in [3.8, 4) is 5.13 Å². The number of carbonyl (C=O) groups excluding carboxylic acids is 2. The van der Waals surface area contributed by atoms with Gasteiger partial charge in [-0.2, -0.15) is 0 Å². The first-order chi connectivity index (χ1) is 13.5. The molecular weight excluding hydrogens is 376 g/mol. The Labute approximate surface area is 166 Å². The number of hydrogen-bond acceptors (Lipinski definition) is 6. The van der Waals surface area contributed by atoms with Gasteiger partial charge in [0, 0.05) is 36.1 Å². The van der Waals surface area contributed by atoms with Gasteiger partial charge in [0.1, 0.15) is 5.82 Å². The van der Waals surface area contributed by atoms with Crippen LogP contribution in [0.5, 0.6) is 0 Å². The highest BCUT2D eigenvalue weighted by Gasteiger charge is 2.19. The van der Waals surface area contributed by atoms with E-state index in [9.17, 15) is 9.59 Å². The average molecular weight is 396 g/mol. The highest BCUT2D eigenvalue weighted by atomic mass is 32.1. The molecule has 1 aliphatic rings. The van der Waals surface area contributed by atoms with Crippen LogP contribution in [0.1, 0.15) is 21.7 Å². The van der Waals surface area contributed by atoms with E-state index in [0.29, 0.717) is 30.9 Å². The topological polar surface area (TPSA) is 92.2 Å². The van der Waals surface area contributed by atoms with E-state index in [0.717, 1.165) is 22.3 Å². The third kappa shape index (κ3) is 3.48. The van der Waals surface area contributed by atoms with Crippen molar-refractivity contribution in [1.29, 1.82) is 0 Å². The summed E-state index contributed by atoms with van der Waals surface area (Å²) >= 11 is 1.53. The second-order valence-corrected chi connectivity index (χ2v) is 7.44. The van der Waals surface area contributed by atoms with Gasteiger partial charge in [-0.1, -0.05) is 0 Å². The molecule has 1 aliphatic heterocycles. The summed E-state index contributed by atoms with van der Waals surface area (Å²) in [5.74, 6) is 0.513. The Kier molecular flexibility index (Phi) is 4.82. The van der Waals surface area contributed by atoms with Gasteiger partial charge in [0.2, 0.25) is 5.91 Å². The summed E-state index contributed by atoms with van der Waals surface area (Å²) in [4.78, 5) is 34.9. The number of nitrogens with one attached hydrogen (secondary N) is 2. The number of aryl methyl sites for hydroxylation is 1. The molecule has 3 aromatic heterocycles. The molecule has 1 saturated heterocycles. The number of amides is 2. The summed E-state index contributed by atoms with van der Waals surface area (Å²) in [6.45, 7) is 5.48. The van der Waals surface area contributed by atoms with Crippen LogP contribution in [0, 0.1) is 13.8 Å². The first-order valence-corrected chi connectivity index (χ1v) is 9.79. The van der Waals surface area contributed by atoms with E-state index in [1.165, 1.54) is 11.3 Å². The monoisotopic (exact) mass is 396 g/mol. The number of piperazine rings is 1. The molecule has 0 aliphatic carbocycles. The van der Waals surface area contributed by atoms with E-state index >= 15 is 0 Å². The lowest BCUT2D eigenvalue weighted by Crippen LogP contribution is -2.48. The Balaban J connectivity index is 1.50. The largest absolute Gasteiger partial charge is 0.353 e. The van der Waals surface area contributed by atoms with Crippen molar-refractivity contribution < 1.29 is 9.59 Å². The number of thiazole rings is 1. The summed E-state index contributed by atoms with van der Waals surface area (Å²) in [7, 11) is 0. The molecule has 3 aromatic rings. The molecule has 28 heavy (non-hydrogen) atoms. The zero-order valence-electron chi connectivity index (χ0n) is 15.6. The lowest BCUT2D eigenvalue weighted by Gasteiger charge is -2.27. The SMILES string of the molecule is Cc1cc(C(=O)Nc2ccc(N3CCNC(=O)C3)nc2)c(C)n1-c1nccs1. The van der Waals surface area contributed by atoms with E-state index in [4.69, 9.17) is 0 Å². The van der Waals surface area contributed by atoms with Crippen LogP contribution in [0.2, 0.25) is 0 Å². The third-order valence-corrected chi connectivity index (χ3v) is 5.41. The molecule has 144 valence electrons. The van der Waals surface area contributed by atoms with Crippen LogP contribution in [0.3, 0.4) is 0 Å². The van der Waals surface area contributed by atoms with Crippen molar-refractivity contribution in [3.05, 3.63) is 52.9 Å². The molecule has 9 heteroatoms. The van der Waals surface area contributed by atoms with E-state index < -0.39 is 0 Å². The van der Waals surface area contributed by atoms with Crippen LogP contribution < -0.4 is 15.5 Å². The minimum Gasteiger partial charge on any atom is -0.353 e. The van der Waals surface area contributed by atoms with Gasteiger partial charge in [-0.05, 0) is 32.0 Å². The molecule has 8 nitrogen and oxygen atoms in total. The number of nitrogens with zero attached hydrogens (tertiary/aromatic N) is 4. The van der Waals surface area contributed by atoms with Crippen LogP contribution >= 0.6 is 11.3 Å². The lowest BCUT2D eigenvalue weighted by molar-refractivity contribution is -0.120. The summed E-state index contributed by atoms with van der Waals surface area (Å²) in [6, 6.07) is 5.47. The lowest BCUT2D eigenvalue weighted by atomic mass is 10.2. The van der Waals surface area contributed by atoms with Crippen LogP contribution in [0.25, 0.3) is 5.13 Å². The molecule has 1 fully saturated rings. The predicted octanol–water partition coefficient (Wildman–Crippen LogP) is 2.13. The van der Waals surface area contributed by atoms with Crippen molar-refractivity contribution in [3.63, 3.8) is 0 Å². The van der Waals surface area contributed by atoms with Gasteiger partial charge in [0.15, 0.2) is 5.13 Å². The average Bonchev–Trinajstić information content (AvgIpc) is 3.30. The zero-order chi connectivity index (χ0) is 19.7. The Bertz CT molecular complexity index is 1010. The summed E-state index contributed by atoms with van der Waals surface area (Å²) in [5.41, 5.74) is 3.00. The molecule has 2 N–H and O–H groups in total. The summed E-state index contributed by atoms with van der Waals surface area (Å²) < 4.78 is 1.97. The van der Waals surface area contributed by atoms with Crippen molar-refractivity contribution in [2.24, 2.45) is 0 Å². The highest BCUT2D eigenvalue weighted by Crippen LogP contribution is 2.23. The second kappa shape index (κ2) is 7.43. The van der Waals surface area contributed by atoms with Crippen LogP contribution in [-0.4, -0.2) is 46.0 Å². The number of aromatic nitrogens is 3. The third-order valence-electron chi connectivity index (χ3n) is 4.65. The van der Waals surface area contributed by atoms with E-state index in [-0.39, 0.29) is 11.8 Å². The van der Waals surface area contributed by atoms with Crippen molar-refractivity contribution in [1.82, 2.24) is 19.9 Å². The van der Waals surface area contributed by atoms with E-state index in [2.05, 4.69) is 20.6 Å². The Morgan fingerprint density at radius 1 is 1.29 bits per heavy atom. The fraction of sp³-hybridized carbons (Fsp3) is 0.263. The second-order valence-electron chi connectivity index (χ2n) is 6.57. The van der Waals surface area contributed by atoms with E-state index in [1.807, 2.05) is 40.8 Å². The van der Waals surface area contributed by atoms with Gasteiger partial charge >= 0.3 is 0 Å². The van der Waals surface area contributed by atoms with Gasteiger partial charge in [-0.15, -0.1) is 11.3 Å². The fourth-order valence-corrected chi connectivity index (χ4v) is 4.04. The van der Waals surface area contributed by atoms with Gasteiger partial charge in [-0.25, -0.2) is 9.97 Å². The normalized spacial score (nSPS) is 14.1. The van der Waals surface area contributed by atoms with Crippen LogP contribution in [0.15, 0.2) is 36.0 Å². The van der Waals surface area contributed by atoms with Crippen LogP contribution in [0.4, 0.5) is 11.5 Å². The molecule has 0 spiro atoms. The fourth-order valence-electron chi connectivity index (χ4n) is 3.29. The molecule has 4 rings (SSSR count). The number of anilines is 2. The molecular formula is C19H20N6O2S. The van der Waals surface area contributed by atoms with Gasteiger partial charge in [-0.3, -0.25) is 14.2 Å². The molecule has 0 unspecified atom stereocenters. The number of pyridine rings is 1. The Hall–Kier alpha value is -3.20.